The molecule has 3 rings (SSSR count). The first kappa shape index (κ1) is 28.5. The summed E-state index contributed by atoms with van der Waals surface area (Å²) in [5.41, 5.74) is -0.942. The van der Waals surface area contributed by atoms with Crippen molar-refractivity contribution in [2.24, 2.45) is 0 Å². The number of amides is 4. The maximum atomic E-state index is 12.6. The SMILES string of the molecule is CC(=O)Nc1cccc(NC(=O)c2cc(=O)cc(C(=O)Nc3cccc(NC(C)=O)n3)[nH]2)n1.CS(C)=O. The van der Waals surface area contributed by atoms with Gasteiger partial charge >= 0.3 is 0 Å². The summed E-state index contributed by atoms with van der Waals surface area (Å²) in [6, 6.07) is 11.3. The van der Waals surface area contributed by atoms with E-state index in [9.17, 15) is 28.2 Å². The predicted molar refractivity (Wildman–Crippen MR) is 140 cm³/mol. The molecule has 5 N–H and O–H groups in total. The van der Waals surface area contributed by atoms with E-state index in [0.717, 1.165) is 12.1 Å². The number of carbonyl (C=O) groups excluding carboxylic acids is 4. The number of nitrogens with one attached hydrogen (secondary N) is 5. The molecule has 37 heavy (non-hydrogen) atoms. The van der Waals surface area contributed by atoms with Crippen molar-refractivity contribution >= 4 is 57.7 Å². The molecule has 0 bridgehead atoms. The van der Waals surface area contributed by atoms with E-state index in [2.05, 4.69) is 36.2 Å². The summed E-state index contributed by atoms with van der Waals surface area (Å²) in [4.78, 5) is 70.3. The Morgan fingerprint density at radius 2 is 1.03 bits per heavy atom. The lowest BCUT2D eigenvalue weighted by Crippen LogP contribution is -2.23. The molecule has 0 aromatic carbocycles. The van der Waals surface area contributed by atoms with Gasteiger partial charge in [-0.1, -0.05) is 12.1 Å². The number of H-pyrrole nitrogens is 1. The van der Waals surface area contributed by atoms with Crippen LogP contribution in [0.25, 0.3) is 0 Å². The van der Waals surface area contributed by atoms with Gasteiger partial charge < -0.3 is 26.3 Å². The second-order valence-corrected chi connectivity index (χ2v) is 8.95. The molecule has 0 fully saturated rings. The minimum atomic E-state index is -0.722. The second kappa shape index (κ2) is 13.4. The van der Waals surface area contributed by atoms with Crippen LogP contribution in [0.1, 0.15) is 34.8 Å². The van der Waals surface area contributed by atoms with E-state index in [-0.39, 0.29) is 46.5 Å². The quantitative estimate of drug-likeness (QED) is 0.319. The first-order valence-electron chi connectivity index (χ1n) is 10.5. The van der Waals surface area contributed by atoms with Crippen LogP contribution in [0.3, 0.4) is 0 Å². The van der Waals surface area contributed by atoms with E-state index >= 15 is 0 Å². The van der Waals surface area contributed by atoms with Gasteiger partial charge in [0.2, 0.25) is 11.8 Å². The monoisotopic (exact) mass is 527 g/mol. The van der Waals surface area contributed by atoms with Gasteiger partial charge in [0.1, 0.15) is 34.7 Å². The predicted octanol–water partition coefficient (Wildman–Crippen LogP) is 1.58. The highest BCUT2D eigenvalue weighted by atomic mass is 32.2. The molecule has 3 heterocycles. The molecule has 0 spiro atoms. The van der Waals surface area contributed by atoms with Crippen molar-refractivity contribution in [1.29, 1.82) is 0 Å². The largest absolute Gasteiger partial charge is 0.346 e. The normalized spacial score (nSPS) is 9.97. The lowest BCUT2D eigenvalue weighted by atomic mass is 10.2. The molecule has 0 saturated heterocycles. The number of hydrogen-bond donors (Lipinski definition) is 5. The molecule has 3 aromatic rings. The van der Waals surface area contributed by atoms with E-state index in [0.29, 0.717) is 0 Å². The molecule has 3 aromatic heterocycles. The van der Waals surface area contributed by atoms with Crippen molar-refractivity contribution in [1.82, 2.24) is 15.0 Å². The van der Waals surface area contributed by atoms with Crippen LogP contribution >= 0.6 is 0 Å². The number of pyridine rings is 3. The number of rotatable bonds is 6. The van der Waals surface area contributed by atoms with Crippen LogP contribution in [0.15, 0.2) is 53.3 Å². The topological polar surface area (TPSA) is 192 Å². The summed E-state index contributed by atoms with van der Waals surface area (Å²) < 4.78 is 9.56. The van der Waals surface area contributed by atoms with E-state index in [1.807, 2.05) is 0 Å². The van der Waals surface area contributed by atoms with Crippen molar-refractivity contribution in [2.45, 2.75) is 13.8 Å². The molecule has 0 aliphatic carbocycles. The summed E-state index contributed by atoms with van der Waals surface area (Å²) >= 11 is 0. The number of aromatic nitrogens is 3. The summed E-state index contributed by atoms with van der Waals surface area (Å²) in [6.07, 6.45) is 3.28. The first-order chi connectivity index (χ1) is 17.4. The fraction of sp³-hybridized carbons (Fsp3) is 0.174. The molecule has 0 aliphatic rings. The van der Waals surface area contributed by atoms with Crippen molar-refractivity contribution in [3.8, 4) is 0 Å². The van der Waals surface area contributed by atoms with Gasteiger partial charge in [-0.25, -0.2) is 9.97 Å². The summed E-state index contributed by atoms with van der Waals surface area (Å²) in [6.45, 7) is 2.64. The third-order valence-electron chi connectivity index (χ3n) is 3.92. The standard InChI is InChI=1S/C21H19N7O5.C2H6OS/c1-11(29)22-16-5-3-7-18(25-16)27-20(32)14-9-13(31)10-15(24-14)21(33)28-19-8-4-6-17(26-19)23-12(2)30;1-4(2)3/h3-10H,1-2H3,(H,24,31)(H2,22,25,27,29,32)(H2,23,26,28,30,33);1-2H3. The van der Waals surface area contributed by atoms with Crippen LogP contribution in [0, 0.1) is 0 Å². The van der Waals surface area contributed by atoms with Crippen LogP contribution in [0.5, 0.6) is 0 Å². The fourth-order valence-electron chi connectivity index (χ4n) is 2.66. The zero-order valence-corrected chi connectivity index (χ0v) is 21.2. The molecule has 0 aliphatic heterocycles. The Balaban J connectivity index is 0.00000112. The number of aromatic amines is 1. The Hall–Kier alpha value is -4.72. The Bertz CT molecular complexity index is 1310. The molecular weight excluding hydrogens is 502 g/mol. The van der Waals surface area contributed by atoms with Crippen LogP contribution < -0.4 is 26.7 Å². The van der Waals surface area contributed by atoms with Crippen molar-refractivity contribution in [3.05, 3.63) is 70.1 Å². The molecule has 13 nitrogen and oxygen atoms in total. The third kappa shape index (κ3) is 10.2. The number of hydrogen-bond acceptors (Lipinski definition) is 8. The molecule has 14 heteroatoms. The summed E-state index contributed by atoms with van der Waals surface area (Å²) in [7, 11) is -0.611. The van der Waals surface area contributed by atoms with Crippen LogP contribution in [0.2, 0.25) is 0 Å². The Morgan fingerprint density at radius 3 is 1.35 bits per heavy atom. The number of carbonyl (C=O) groups is 4. The average molecular weight is 528 g/mol. The third-order valence-corrected chi connectivity index (χ3v) is 3.92. The number of anilines is 4. The van der Waals surface area contributed by atoms with Gasteiger partial charge in [-0.2, -0.15) is 0 Å². The van der Waals surface area contributed by atoms with Gasteiger partial charge in [0.25, 0.3) is 11.8 Å². The minimum absolute atomic E-state index is 0.126. The molecule has 4 amide bonds. The van der Waals surface area contributed by atoms with Gasteiger partial charge in [-0.3, -0.25) is 28.2 Å². The smallest absolute Gasteiger partial charge is 0.273 e. The Morgan fingerprint density at radius 1 is 0.703 bits per heavy atom. The van der Waals surface area contributed by atoms with Crippen molar-refractivity contribution in [3.63, 3.8) is 0 Å². The van der Waals surface area contributed by atoms with Crippen LogP contribution in [-0.2, 0) is 20.4 Å². The maximum absolute atomic E-state index is 12.6. The fourth-order valence-corrected chi connectivity index (χ4v) is 2.66. The molecule has 0 radical (unpaired) electrons. The van der Waals surface area contributed by atoms with E-state index < -0.39 is 28.0 Å². The van der Waals surface area contributed by atoms with Gasteiger partial charge in [0.05, 0.1) is 0 Å². The van der Waals surface area contributed by atoms with Gasteiger partial charge in [0.15, 0.2) is 5.43 Å². The lowest BCUT2D eigenvalue weighted by Gasteiger charge is -2.09. The molecule has 0 unspecified atom stereocenters. The van der Waals surface area contributed by atoms with Crippen LogP contribution in [-0.4, -0.2) is 55.3 Å². The average Bonchev–Trinajstić information content (AvgIpc) is 2.78. The van der Waals surface area contributed by atoms with Gasteiger partial charge in [0, 0.05) is 49.3 Å². The summed E-state index contributed by atoms with van der Waals surface area (Å²) in [5.74, 6) is -1.38. The van der Waals surface area contributed by atoms with Crippen LogP contribution in [0.4, 0.5) is 23.3 Å². The molecule has 194 valence electrons. The zero-order valence-electron chi connectivity index (χ0n) is 20.4. The zero-order chi connectivity index (χ0) is 27.5. The van der Waals surface area contributed by atoms with Gasteiger partial charge in [-0.15, -0.1) is 0 Å². The van der Waals surface area contributed by atoms with Gasteiger partial charge in [-0.05, 0) is 24.3 Å². The Labute approximate surface area is 214 Å². The molecule has 0 saturated carbocycles. The molecule has 0 atom stereocenters. The highest BCUT2D eigenvalue weighted by Crippen LogP contribution is 2.12. The first-order valence-corrected chi connectivity index (χ1v) is 12.5. The Kier molecular flexibility index (Phi) is 10.3. The summed E-state index contributed by atoms with van der Waals surface area (Å²) in [5, 5.41) is 9.94. The minimum Gasteiger partial charge on any atom is -0.346 e. The van der Waals surface area contributed by atoms with Crippen molar-refractivity contribution < 1.29 is 23.4 Å². The maximum Gasteiger partial charge on any atom is 0.273 e. The van der Waals surface area contributed by atoms with E-state index in [1.54, 1.807) is 36.8 Å². The van der Waals surface area contributed by atoms with E-state index in [4.69, 9.17) is 0 Å². The highest BCUT2D eigenvalue weighted by molar-refractivity contribution is 7.83. The lowest BCUT2D eigenvalue weighted by molar-refractivity contribution is -0.115. The van der Waals surface area contributed by atoms with Crippen molar-refractivity contribution in [2.75, 3.05) is 33.8 Å². The number of nitrogens with zero attached hydrogens (tertiary/aromatic N) is 2. The second-order valence-electron chi connectivity index (χ2n) is 7.47. The highest BCUT2D eigenvalue weighted by Gasteiger charge is 2.15. The molecular formula is C23H25N7O6S. The van der Waals surface area contributed by atoms with E-state index in [1.165, 1.54) is 26.0 Å².